The molecule has 0 unspecified atom stereocenters. The molecule has 2 aliphatic rings. The third-order valence-electron chi connectivity index (χ3n) is 3.73. The second kappa shape index (κ2) is 7.67. The molecule has 5 nitrogen and oxygen atoms in total. The summed E-state index contributed by atoms with van der Waals surface area (Å²) >= 11 is 0. The molecule has 0 spiro atoms. The van der Waals surface area contributed by atoms with Crippen molar-refractivity contribution < 1.29 is 4.79 Å². The molecule has 0 aliphatic carbocycles. The van der Waals surface area contributed by atoms with E-state index >= 15 is 0 Å². The van der Waals surface area contributed by atoms with E-state index in [2.05, 4.69) is 15.6 Å². The summed E-state index contributed by atoms with van der Waals surface area (Å²) in [6.45, 7) is 2.76. The summed E-state index contributed by atoms with van der Waals surface area (Å²) in [7, 11) is 0. The number of pyridine rings is 1. The minimum absolute atomic E-state index is 0. The van der Waals surface area contributed by atoms with Gasteiger partial charge in [-0.1, -0.05) is 0 Å². The number of aromatic nitrogens is 1. The first kappa shape index (κ1) is 17.0. The molecule has 1 aromatic rings. The number of piperidine rings is 1. The molecule has 0 saturated carbocycles. The van der Waals surface area contributed by atoms with Gasteiger partial charge < -0.3 is 15.5 Å². The lowest BCUT2D eigenvalue weighted by Crippen LogP contribution is -2.47. The predicted molar refractivity (Wildman–Crippen MR) is 84.1 cm³/mol. The summed E-state index contributed by atoms with van der Waals surface area (Å²) in [5.41, 5.74) is 1.85. The third kappa shape index (κ3) is 3.53. The van der Waals surface area contributed by atoms with Crippen LogP contribution in [0, 0.1) is 0 Å². The van der Waals surface area contributed by atoms with Gasteiger partial charge in [0.2, 0.25) is 0 Å². The quantitative estimate of drug-likeness (QED) is 0.833. The maximum Gasteiger partial charge on any atom is 0.322 e. The van der Waals surface area contributed by atoms with Crippen molar-refractivity contribution in [1.82, 2.24) is 15.2 Å². The molecule has 1 fully saturated rings. The Bertz CT molecular complexity index is 452. The van der Waals surface area contributed by atoms with Crippen LogP contribution in [-0.4, -0.2) is 41.6 Å². The predicted octanol–water partition coefficient (Wildman–Crippen LogP) is 2.07. The SMILES string of the molecule is Cl.Cl.O=C1Nc2cccnc2CCN1C1CCNCC1. The Balaban J connectivity index is 0.000001000. The number of halogens is 2. The fraction of sp³-hybridized carbons (Fsp3) is 0.538. The number of amides is 2. The summed E-state index contributed by atoms with van der Waals surface area (Å²) in [5.74, 6) is 0. The zero-order valence-electron chi connectivity index (χ0n) is 11.2. The molecule has 1 saturated heterocycles. The number of carbonyl (C=O) groups is 1. The van der Waals surface area contributed by atoms with E-state index in [1.54, 1.807) is 6.20 Å². The van der Waals surface area contributed by atoms with Crippen molar-refractivity contribution in [2.24, 2.45) is 0 Å². The van der Waals surface area contributed by atoms with Gasteiger partial charge in [0.15, 0.2) is 0 Å². The number of hydrogen-bond acceptors (Lipinski definition) is 3. The molecular weight excluding hydrogens is 299 g/mol. The van der Waals surface area contributed by atoms with Crippen LogP contribution < -0.4 is 10.6 Å². The van der Waals surface area contributed by atoms with Crippen molar-refractivity contribution in [3.8, 4) is 0 Å². The Labute approximate surface area is 131 Å². The van der Waals surface area contributed by atoms with Crippen LogP contribution in [0.2, 0.25) is 0 Å². The molecule has 3 rings (SSSR count). The van der Waals surface area contributed by atoms with Gasteiger partial charge in [-0.15, -0.1) is 24.8 Å². The monoisotopic (exact) mass is 318 g/mol. The Morgan fingerprint density at radius 2 is 2.00 bits per heavy atom. The van der Waals surface area contributed by atoms with Crippen LogP contribution in [0.25, 0.3) is 0 Å². The van der Waals surface area contributed by atoms with E-state index in [0.29, 0.717) is 6.04 Å². The van der Waals surface area contributed by atoms with E-state index in [-0.39, 0.29) is 30.8 Å². The van der Waals surface area contributed by atoms with Crippen LogP contribution in [0.1, 0.15) is 18.5 Å². The van der Waals surface area contributed by atoms with Crippen LogP contribution in [-0.2, 0) is 6.42 Å². The number of urea groups is 1. The average Bonchev–Trinajstić information content (AvgIpc) is 2.58. The van der Waals surface area contributed by atoms with Gasteiger partial charge in [0.25, 0.3) is 0 Å². The number of nitrogens with one attached hydrogen (secondary N) is 2. The van der Waals surface area contributed by atoms with Gasteiger partial charge in [0.1, 0.15) is 0 Å². The molecule has 0 bridgehead atoms. The fourth-order valence-corrected chi connectivity index (χ4v) is 2.73. The summed E-state index contributed by atoms with van der Waals surface area (Å²) in [6.07, 6.45) is 4.69. The van der Waals surface area contributed by atoms with Crippen molar-refractivity contribution >= 4 is 36.5 Å². The van der Waals surface area contributed by atoms with E-state index in [4.69, 9.17) is 0 Å². The molecular formula is C13H20Cl2N4O. The lowest BCUT2D eigenvalue weighted by molar-refractivity contribution is 0.173. The van der Waals surface area contributed by atoms with Crippen LogP contribution in [0.3, 0.4) is 0 Å². The van der Waals surface area contributed by atoms with Crippen LogP contribution in [0.4, 0.5) is 10.5 Å². The minimum Gasteiger partial charge on any atom is -0.321 e. The highest BCUT2D eigenvalue weighted by Gasteiger charge is 2.28. The Kier molecular flexibility index (Phi) is 6.52. The van der Waals surface area contributed by atoms with Crippen molar-refractivity contribution in [3.05, 3.63) is 24.0 Å². The first-order valence-electron chi connectivity index (χ1n) is 6.57. The number of fused-ring (bicyclic) bond motifs is 1. The minimum atomic E-state index is 0. The highest BCUT2D eigenvalue weighted by molar-refractivity contribution is 5.90. The second-order valence-corrected chi connectivity index (χ2v) is 4.85. The Morgan fingerprint density at radius 1 is 1.25 bits per heavy atom. The van der Waals surface area contributed by atoms with E-state index < -0.39 is 0 Å². The number of hydrogen-bond donors (Lipinski definition) is 2. The standard InChI is InChI=1S/C13H18N4O.2ClH/c18-13-16-12-2-1-6-15-11(12)5-9-17(13)10-3-7-14-8-4-10;;/h1-2,6,10,14H,3-5,7-9H2,(H,16,18);2*1H. The van der Waals surface area contributed by atoms with Gasteiger partial charge >= 0.3 is 6.03 Å². The second-order valence-electron chi connectivity index (χ2n) is 4.85. The maximum atomic E-state index is 12.2. The molecule has 2 N–H and O–H groups in total. The molecule has 112 valence electrons. The van der Waals surface area contributed by atoms with Crippen LogP contribution >= 0.6 is 24.8 Å². The summed E-state index contributed by atoms with van der Waals surface area (Å²) in [5, 5.41) is 6.30. The summed E-state index contributed by atoms with van der Waals surface area (Å²) < 4.78 is 0. The average molecular weight is 319 g/mol. The maximum absolute atomic E-state index is 12.2. The van der Waals surface area contributed by atoms with Crippen molar-refractivity contribution in [3.63, 3.8) is 0 Å². The molecule has 7 heteroatoms. The third-order valence-corrected chi connectivity index (χ3v) is 3.73. The smallest absolute Gasteiger partial charge is 0.321 e. The molecule has 2 amide bonds. The van der Waals surface area contributed by atoms with Crippen molar-refractivity contribution in [2.75, 3.05) is 25.0 Å². The van der Waals surface area contributed by atoms with Crippen LogP contribution in [0.15, 0.2) is 18.3 Å². The zero-order chi connectivity index (χ0) is 12.4. The molecule has 3 heterocycles. The Hall–Kier alpha value is -1.04. The number of nitrogens with zero attached hydrogens (tertiary/aromatic N) is 2. The van der Waals surface area contributed by atoms with Gasteiger partial charge in [-0.2, -0.15) is 0 Å². The summed E-state index contributed by atoms with van der Waals surface area (Å²) in [6, 6.07) is 4.17. The molecule has 1 aromatic heterocycles. The first-order valence-corrected chi connectivity index (χ1v) is 6.57. The molecule has 2 aliphatic heterocycles. The molecule has 0 aromatic carbocycles. The van der Waals surface area contributed by atoms with Gasteiger partial charge in [-0.05, 0) is 38.1 Å². The van der Waals surface area contributed by atoms with Gasteiger partial charge in [-0.3, -0.25) is 4.98 Å². The Morgan fingerprint density at radius 3 is 2.75 bits per heavy atom. The molecule has 0 atom stereocenters. The normalized spacial score (nSPS) is 19.0. The molecule has 20 heavy (non-hydrogen) atoms. The fourth-order valence-electron chi connectivity index (χ4n) is 2.73. The summed E-state index contributed by atoms with van der Waals surface area (Å²) in [4.78, 5) is 18.6. The first-order chi connectivity index (χ1) is 8.84. The zero-order valence-corrected chi connectivity index (χ0v) is 12.8. The number of rotatable bonds is 1. The van der Waals surface area contributed by atoms with Crippen LogP contribution in [0.5, 0.6) is 0 Å². The topological polar surface area (TPSA) is 57.3 Å². The van der Waals surface area contributed by atoms with E-state index in [9.17, 15) is 4.79 Å². The van der Waals surface area contributed by atoms with Gasteiger partial charge in [0, 0.05) is 25.2 Å². The van der Waals surface area contributed by atoms with E-state index in [0.717, 1.165) is 50.3 Å². The number of carbonyl (C=O) groups excluding carboxylic acids is 1. The van der Waals surface area contributed by atoms with Gasteiger partial charge in [0.05, 0.1) is 11.4 Å². The largest absolute Gasteiger partial charge is 0.322 e. The van der Waals surface area contributed by atoms with Crippen molar-refractivity contribution in [1.29, 1.82) is 0 Å². The van der Waals surface area contributed by atoms with E-state index in [1.807, 2.05) is 17.0 Å². The highest BCUT2D eigenvalue weighted by atomic mass is 35.5. The van der Waals surface area contributed by atoms with E-state index in [1.165, 1.54) is 0 Å². The number of anilines is 1. The van der Waals surface area contributed by atoms with Crippen molar-refractivity contribution in [2.45, 2.75) is 25.3 Å². The lowest BCUT2D eigenvalue weighted by Gasteiger charge is -2.33. The molecule has 0 radical (unpaired) electrons. The lowest BCUT2D eigenvalue weighted by atomic mass is 10.0. The van der Waals surface area contributed by atoms with Gasteiger partial charge in [-0.25, -0.2) is 4.79 Å². The highest BCUT2D eigenvalue weighted by Crippen LogP contribution is 2.21.